The number of hydrogen-bond acceptors (Lipinski definition) is 5. The first-order valence-electron chi connectivity index (χ1n) is 15.2. The Bertz CT molecular complexity index is 1620. The van der Waals surface area contributed by atoms with Crippen molar-refractivity contribution in [1.29, 1.82) is 0 Å². The molecule has 244 valence electrons. The second-order valence-electron chi connectivity index (χ2n) is 12.6. The molecule has 1 saturated heterocycles. The van der Waals surface area contributed by atoms with Gasteiger partial charge < -0.3 is 18.9 Å². The van der Waals surface area contributed by atoms with Crippen molar-refractivity contribution >= 4 is 42.6 Å². The van der Waals surface area contributed by atoms with E-state index in [2.05, 4.69) is 24.6 Å². The number of halogens is 3. The van der Waals surface area contributed by atoms with Crippen LogP contribution >= 0.6 is 0 Å². The molecule has 0 spiro atoms. The number of carbonyl (C=O) groups excluding carboxylic acids is 3. The second-order valence-corrected chi connectivity index (χ2v) is 18.2. The number of imidazole rings is 1. The average molecular weight is 647 g/mol. The lowest BCUT2D eigenvalue weighted by molar-refractivity contribution is -0.141. The molecule has 4 rings (SSSR count). The molecular weight excluding hydrogens is 605 g/mol. The zero-order valence-corrected chi connectivity index (χ0v) is 27.4. The molecule has 0 saturated carbocycles. The molecule has 3 aromatic rings. The molecule has 1 atom stereocenters. The fraction of sp³-hybridized carbons (Fsp3) is 0.500. The van der Waals surface area contributed by atoms with Crippen LogP contribution in [0.2, 0.25) is 25.7 Å². The van der Waals surface area contributed by atoms with E-state index < -0.39 is 31.7 Å². The maximum Gasteiger partial charge on any atom is 0.416 e. The largest absolute Gasteiger partial charge is 0.466 e. The predicted molar refractivity (Wildman–Crippen MR) is 167 cm³/mol. The van der Waals surface area contributed by atoms with E-state index in [1.54, 1.807) is 14.0 Å². The molecule has 2 amide bonds. The Morgan fingerprint density at radius 3 is 2.49 bits per heavy atom. The van der Waals surface area contributed by atoms with E-state index in [9.17, 15) is 27.6 Å². The number of hydrogen-bond donors (Lipinski definition) is 0. The van der Waals surface area contributed by atoms with Crippen molar-refractivity contribution < 1.29 is 37.0 Å². The molecule has 1 aliphatic rings. The van der Waals surface area contributed by atoms with Crippen LogP contribution in [-0.4, -0.2) is 54.8 Å². The number of piperidine rings is 1. The van der Waals surface area contributed by atoms with Crippen LogP contribution in [0.1, 0.15) is 49.0 Å². The number of aryl methyl sites for hydroxylation is 1. The summed E-state index contributed by atoms with van der Waals surface area (Å²) in [7, 11) is -1.42. The molecule has 2 aromatic carbocycles. The monoisotopic (exact) mass is 646 g/mol. The van der Waals surface area contributed by atoms with E-state index in [1.165, 1.54) is 19.1 Å². The molecule has 1 aliphatic heterocycles. The maximum atomic E-state index is 13.4. The first kappa shape index (κ1) is 34.2. The summed E-state index contributed by atoms with van der Waals surface area (Å²) in [4.78, 5) is 44.0. The van der Waals surface area contributed by atoms with Crippen LogP contribution in [-0.2, 0) is 38.5 Å². The number of aromatic nitrogens is 2. The molecular formula is C32H41F3N4O5Si. The van der Waals surface area contributed by atoms with E-state index >= 15 is 0 Å². The number of fused-ring (bicyclic) bond motifs is 1. The number of alkyl halides is 3. The Kier molecular flexibility index (Phi) is 10.7. The number of benzene rings is 2. The van der Waals surface area contributed by atoms with E-state index in [0.717, 1.165) is 31.0 Å². The molecule has 1 aromatic heterocycles. The lowest BCUT2D eigenvalue weighted by atomic mass is 9.98. The molecule has 0 bridgehead atoms. The summed E-state index contributed by atoms with van der Waals surface area (Å²) >= 11 is 0. The number of esters is 1. The van der Waals surface area contributed by atoms with Crippen LogP contribution in [0, 0.1) is 5.92 Å². The quantitative estimate of drug-likeness (QED) is 0.140. The summed E-state index contributed by atoms with van der Waals surface area (Å²) < 4.78 is 55.0. The number of anilines is 1. The molecule has 0 radical (unpaired) electrons. The smallest absolute Gasteiger partial charge is 0.416 e. The minimum absolute atomic E-state index is 0.0282. The van der Waals surface area contributed by atoms with Crippen LogP contribution in [0.15, 0.2) is 47.5 Å². The van der Waals surface area contributed by atoms with Crippen LogP contribution in [0.5, 0.6) is 0 Å². The van der Waals surface area contributed by atoms with Gasteiger partial charge in [-0.15, -0.1) is 0 Å². The number of ether oxygens (including phenoxy) is 2. The third-order valence-electron chi connectivity index (χ3n) is 7.73. The number of rotatable bonds is 11. The molecule has 45 heavy (non-hydrogen) atoms. The Labute approximate surface area is 261 Å². The predicted octanol–water partition coefficient (Wildman–Crippen LogP) is 6.23. The lowest BCUT2D eigenvalue weighted by Gasteiger charge is -2.30. The lowest BCUT2D eigenvalue weighted by Crippen LogP contribution is -2.40. The topological polar surface area (TPSA) is 95.1 Å². The zero-order valence-electron chi connectivity index (χ0n) is 26.4. The zero-order chi connectivity index (χ0) is 32.9. The first-order chi connectivity index (χ1) is 21.2. The van der Waals surface area contributed by atoms with Gasteiger partial charge in [-0.05, 0) is 61.7 Å². The van der Waals surface area contributed by atoms with Gasteiger partial charge in [-0.2, -0.15) is 18.2 Å². The number of nitrogens with zero attached hydrogens (tertiary/aromatic N) is 4. The fourth-order valence-corrected chi connectivity index (χ4v) is 5.98. The number of carbonyl (C=O) groups is 3. The van der Waals surface area contributed by atoms with Gasteiger partial charge >= 0.3 is 12.1 Å². The van der Waals surface area contributed by atoms with E-state index in [-0.39, 0.29) is 36.3 Å². The standard InChI is InChI=1S/C32H41F3N4O5Si/c1-22-9-7-14-37(30(22)42)26-12-13-27-28(20-26)39(21-43-17-18-45(3,4)5)31(38(27)15-8-16-44-23(2)40)36-29(41)24-10-6-11-25(19-24)32(33,34)35/h6,10-13,19-20,22H,7-9,14-18,21H2,1-5H3. The highest BCUT2D eigenvalue weighted by atomic mass is 28.3. The van der Waals surface area contributed by atoms with Crippen LogP contribution < -0.4 is 10.5 Å². The Morgan fingerprint density at radius 2 is 1.80 bits per heavy atom. The molecule has 1 unspecified atom stereocenters. The molecule has 2 heterocycles. The molecule has 9 nitrogen and oxygen atoms in total. The second kappa shape index (κ2) is 14.2. The van der Waals surface area contributed by atoms with Gasteiger partial charge in [0.05, 0.1) is 23.2 Å². The van der Waals surface area contributed by atoms with Crippen molar-refractivity contribution in [2.24, 2.45) is 10.9 Å². The van der Waals surface area contributed by atoms with Gasteiger partial charge in [0.15, 0.2) is 0 Å². The Balaban J connectivity index is 1.86. The number of amides is 2. The van der Waals surface area contributed by atoms with Crippen LogP contribution in [0.3, 0.4) is 0 Å². The highest BCUT2D eigenvalue weighted by molar-refractivity contribution is 6.76. The van der Waals surface area contributed by atoms with Crippen molar-refractivity contribution in [1.82, 2.24) is 9.13 Å². The third kappa shape index (κ3) is 8.72. The summed E-state index contributed by atoms with van der Waals surface area (Å²) in [5.74, 6) is -1.34. The van der Waals surface area contributed by atoms with E-state index in [4.69, 9.17) is 9.47 Å². The van der Waals surface area contributed by atoms with Gasteiger partial charge in [-0.1, -0.05) is 32.6 Å². The van der Waals surface area contributed by atoms with Gasteiger partial charge in [-0.25, -0.2) is 0 Å². The molecule has 0 aliphatic carbocycles. The van der Waals surface area contributed by atoms with Gasteiger partial charge in [0, 0.05) is 51.9 Å². The molecule has 1 fully saturated rings. The highest BCUT2D eigenvalue weighted by Crippen LogP contribution is 2.30. The van der Waals surface area contributed by atoms with Crippen molar-refractivity contribution in [3.05, 3.63) is 59.2 Å². The van der Waals surface area contributed by atoms with Gasteiger partial charge in [0.1, 0.15) is 6.73 Å². The fourth-order valence-electron chi connectivity index (χ4n) is 5.22. The summed E-state index contributed by atoms with van der Waals surface area (Å²) in [5.41, 5.74) is 1.05. The first-order valence-corrected chi connectivity index (χ1v) is 18.9. The van der Waals surface area contributed by atoms with Crippen molar-refractivity contribution in [3.8, 4) is 0 Å². The third-order valence-corrected chi connectivity index (χ3v) is 9.43. The van der Waals surface area contributed by atoms with Crippen LogP contribution in [0.4, 0.5) is 18.9 Å². The van der Waals surface area contributed by atoms with Gasteiger partial charge in [0.25, 0.3) is 5.91 Å². The van der Waals surface area contributed by atoms with Crippen molar-refractivity contribution in [2.45, 2.75) is 78.2 Å². The average Bonchev–Trinajstić information content (AvgIpc) is 3.25. The van der Waals surface area contributed by atoms with Crippen molar-refractivity contribution in [3.63, 3.8) is 0 Å². The van der Waals surface area contributed by atoms with Gasteiger partial charge in [-0.3, -0.25) is 19.0 Å². The maximum absolute atomic E-state index is 13.4. The van der Waals surface area contributed by atoms with E-state index in [0.29, 0.717) is 42.8 Å². The van der Waals surface area contributed by atoms with Crippen molar-refractivity contribution in [2.75, 3.05) is 24.7 Å². The minimum Gasteiger partial charge on any atom is -0.466 e. The normalized spacial score (nSPS) is 16.4. The summed E-state index contributed by atoms with van der Waals surface area (Å²) in [6.45, 7) is 11.4. The summed E-state index contributed by atoms with van der Waals surface area (Å²) in [6.07, 6.45) is -2.54. The molecule has 0 N–H and O–H groups in total. The van der Waals surface area contributed by atoms with Crippen LogP contribution in [0.25, 0.3) is 11.0 Å². The highest BCUT2D eigenvalue weighted by Gasteiger charge is 2.31. The minimum atomic E-state index is -4.62. The Morgan fingerprint density at radius 1 is 1.04 bits per heavy atom. The SMILES string of the molecule is CC(=O)OCCCn1c(=NC(=O)c2cccc(C(F)(F)F)c2)n(COCC[Si](C)(C)C)c2cc(N3CCCC(C)C3=O)ccc21. The Hall–Kier alpha value is -3.71. The summed E-state index contributed by atoms with van der Waals surface area (Å²) in [5, 5.41) is 0. The van der Waals surface area contributed by atoms with E-state index in [1.807, 2.05) is 25.1 Å². The molecule has 13 heteroatoms. The summed E-state index contributed by atoms with van der Waals surface area (Å²) in [6, 6.07) is 10.6. The van der Waals surface area contributed by atoms with Gasteiger partial charge in [0.2, 0.25) is 11.5 Å².